The molecule has 2 N–H and O–H groups in total. The Morgan fingerprint density at radius 2 is 1.81 bits per heavy atom. The van der Waals surface area contributed by atoms with Crippen molar-refractivity contribution in [1.82, 2.24) is 4.90 Å². The summed E-state index contributed by atoms with van der Waals surface area (Å²) in [5, 5.41) is 0. The van der Waals surface area contributed by atoms with Gasteiger partial charge in [0.05, 0.1) is 17.6 Å². The number of nitrogens with two attached hydrogens (primary N) is 1. The van der Waals surface area contributed by atoms with Gasteiger partial charge in [-0.2, -0.15) is 13.2 Å². The summed E-state index contributed by atoms with van der Waals surface area (Å²) in [5.74, 6) is -1.16. The summed E-state index contributed by atoms with van der Waals surface area (Å²) in [6.07, 6.45) is -2.57. The van der Waals surface area contributed by atoms with Crippen LogP contribution in [0, 0.1) is 5.92 Å². The molecule has 0 amide bonds. The Hall–Kier alpha value is -0.330. The van der Waals surface area contributed by atoms with Gasteiger partial charge in [0, 0.05) is 25.2 Å². The van der Waals surface area contributed by atoms with Crippen LogP contribution in [0.25, 0.3) is 0 Å². The molecule has 1 saturated carbocycles. The van der Waals surface area contributed by atoms with E-state index in [0.717, 1.165) is 13.1 Å². The van der Waals surface area contributed by atoms with E-state index >= 15 is 0 Å². The number of halogens is 3. The zero-order valence-corrected chi connectivity index (χ0v) is 13.2. The normalized spacial score (nSPS) is 38.4. The van der Waals surface area contributed by atoms with Crippen LogP contribution >= 0.6 is 0 Å². The Labute approximate surface area is 125 Å². The van der Waals surface area contributed by atoms with E-state index in [1.807, 2.05) is 20.8 Å². The van der Waals surface area contributed by atoms with Gasteiger partial charge in [0.25, 0.3) is 0 Å². The topological polar surface area (TPSA) is 38.5 Å². The first-order chi connectivity index (χ1) is 9.58. The molecule has 0 aromatic heterocycles. The minimum atomic E-state index is -4.07. The predicted molar refractivity (Wildman–Crippen MR) is 76.0 cm³/mol. The molecule has 0 bridgehead atoms. The number of alkyl halides is 3. The van der Waals surface area contributed by atoms with Gasteiger partial charge in [0.1, 0.15) is 0 Å². The van der Waals surface area contributed by atoms with E-state index in [9.17, 15) is 13.2 Å². The summed E-state index contributed by atoms with van der Waals surface area (Å²) < 4.78 is 44.5. The molecule has 1 aliphatic carbocycles. The van der Waals surface area contributed by atoms with Gasteiger partial charge in [-0.15, -0.1) is 0 Å². The molecule has 0 spiro atoms. The number of hydrogen-bond donors (Lipinski definition) is 1. The van der Waals surface area contributed by atoms with Crippen LogP contribution in [-0.2, 0) is 4.74 Å². The Morgan fingerprint density at radius 1 is 1.24 bits per heavy atom. The quantitative estimate of drug-likeness (QED) is 0.852. The zero-order chi connectivity index (χ0) is 15.9. The van der Waals surface area contributed by atoms with Crippen molar-refractivity contribution in [2.24, 2.45) is 11.7 Å². The van der Waals surface area contributed by atoms with Gasteiger partial charge in [-0.25, -0.2) is 0 Å². The number of nitrogens with zero attached hydrogens (tertiary/aromatic N) is 1. The van der Waals surface area contributed by atoms with Gasteiger partial charge in [0.2, 0.25) is 0 Å². The van der Waals surface area contributed by atoms with Crippen molar-refractivity contribution in [3.8, 4) is 0 Å². The minimum Gasteiger partial charge on any atom is -0.370 e. The molecule has 0 aromatic rings. The van der Waals surface area contributed by atoms with Crippen molar-refractivity contribution in [3.63, 3.8) is 0 Å². The Bertz CT molecular complexity index is 362. The van der Waals surface area contributed by atoms with E-state index in [4.69, 9.17) is 10.5 Å². The molecule has 21 heavy (non-hydrogen) atoms. The second-order valence-corrected chi connectivity index (χ2v) is 7.31. The fourth-order valence-corrected chi connectivity index (χ4v) is 3.95. The molecule has 1 heterocycles. The Balaban J connectivity index is 2.09. The van der Waals surface area contributed by atoms with Gasteiger partial charge >= 0.3 is 6.18 Å². The molecule has 6 heteroatoms. The van der Waals surface area contributed by atoms with Crippen LogP contribution in [0.2, 0.25) is 0 Å². The first-order valence-corrected chi connectivity index (χ1v) is 7.78. The fraction of sp³-hybridized carbons (Fsp3) is 1.00. The molecule has 124 valence electrons. The number of rotatable bonds is 2. The van der Waals surface area contributed by atoms with Gasteiger partial charge in [0.15, 0.2) is 0 Å². The zero-order valence-electron chi connectivity index (χ0n) is 13.2. The van der Waals surface area contributed by atoms with E-state index in [1.165, 1.54) is 0 Å². The lowest BCUT2D eigenvalue weighted by Gasteiger charge is -2.53. The van der Waals surface area contributed by atoms with Crippen molar-refractivity contribution in [3.05, 3.63) is 0 Å². The summed E-state index contributed by atoms with van der Waals surface area (Å²) >= 11 is 0. The van der Waals surface area contributed by atoms with E-state index in [2.05, 4.69) is 4.90 Å². The average molecular weight is 308 g/mol. The lowest BCUT2D eigenvalue weighted by atomic mass is 9.74. The van der Waals surface area contributed by atoms with Crippen molar-refractivity contribution in [2.75, 3.05) is 19.6 Å². The molecular weight excluding hydrogens is 281 g/mol. The Morgan fingerprint density at radius 3 is 2.24 bits per heavy atom. The van der Waals surface area contributed by atoms with Crippen LogP contribution in [0.5, 0.6) is 0 Å². The third-order valence-electron chi connectivity index (χ3n) is 5.00. The first kappa shape index (κ1) is 17.0. The molecule has 1 unspecified atom stereocenters. The lowest BCUT2D eigenvalue weighted by molar-refractivity contribution is -0.197. The van der Waals surface area contributed by atoms with Crippen molar-refractivity contribution in [1.29, 1.82) is 0 Å². The largest absolute Gasteiger partial charge is 0.391 e. The van der Waals surface area contributed by atoms with Crippen LogP contribution in [0.15, 0.2) is 0 Å². The molecule has 0 aromatic carbocycles. The van der Waals surface area contributed by atoms with Gasteiger partial charge in [-0.05, 0) is 46.5 Å². The molecule has 2 fully saturated rings. The molecule has 1 aliphatic heterocycles. The Kier molecular flexibility index (Phi) is 4.63. The van der Waals surface area contributed by atoms with Crippen LogP contribution < -0.4 is 5.73 Å². The summed E-state index contributed by atoms with van der Waals surface area (Å²) in [4.78, 5) is 2.29. The summed E-state index contributed by atoms with van der Waals surface area (Å²) in [7, 11) is 0. The maximum atomic E-state index is 12.9. The first-order valence-electron chi connectivity index (χ1n) is 7.78. The molecular formula is C15H27F3N2O. The van der Waals surface area contributed by atoms with Crippen molar-refractivity contribution < 1.29 is 17.9 Å². The molecule has 2 aliphatic rings. The van der Waals surface area contributed by atoms with E-state index in [-0.39, 0.29) is 30.1 Å². The average Bonchev–Trinajstić information content (AvgIpc) is 2.35. The SMILES string of the molecule is CC1CN(C2(CN)CCC(C(F)(F)F)CC2)CC(C)(C)O1. The molecule has 1 atom stereocenters. The highest BCUT2D eigenvalue weighted by atomic mass is 19.4. The summed E-state index contributed by atoms with van der Waals surface area (Å²) in [6, 6.07) is 0. The van der Waals surface area contributed by atoms with Gasteiger partial charge in [-0.1, -0.05) is 0 Å². The smallest absolute Gasteiger partial charge is 0.370 e. The minimum absolute atomic E-state index is 0.0810. The van der Waals surface area contributed by atoms with Gasteiger partial charge in [-0.3, -0.25) is 4.90 Å². The molecule has 0 radical (unpaired) electrons. The van der Waals surface area contributed by atoms with Crippen LogP contribution in [0.4, 0.5) is 13.2 Å². The van der Waals surface area contributed by atoms with E-state index in [0.29, 0.717) is 19.4 Å². The van der Waals surface area contributed by atoms with E-state index in [1.54, 1.807) is 0 Å². The highest BCUT2D eigenvalue weighted by Crippen LogP contribution is 2.44. The molecule has 1 saturated heterocycles. The lowest BCUT2D eigenvalue weighted by Crippen LogP contribution is -2.64. The van der Waals surface area contributed by atoms with Crippen molar-refractivity contribution in [2.45, 2.75) is 69.9 Å². The third-order valence-corrected chi connectivity index (χ3v) is 5.00. The summed E-state index contributed by atoms with van der Waals surface area (Å²) in [6.45, 7) is 7.96. The summed E-state index contributed by atoms with van der Waals surface area (Å²) in [5.41, 5.74) is 5.42. The highest BCUT2D eigenvalue weighted by Gasteiger charge is 2.49. The van der Waals surface area contributed by atoms with Crippen molar-refractivity contribution >= 4 is 0 Å². The maximum Gasteiger partial charge on any atom is 0.391 e. The second kappa shape index (κ2) is 5.70. The van der Waals surface area contributed by atoms with Crippen LogP contribution in [-0.4, -0.2) is 48.0 Å². The maximum absolute atomic E-state index is 12.9. The second-order valence-electron chi connectivity index (χ2n) is 7.31. The standard InChI is InChI=1S/C15H27F3N2O/c1-11-8-20(10-13(2,3)21-11)14(9-19)6-4-12(5-7-14)15(16,17)18/h11-12H,4-10,19H2,1-3H3. The molecule has 3 nitrogen and oxygen atoms in total. The molecule has 2 rings (SSSR count). The third kappa shape index (κ3) is 3.71. The van der Waals surface area contributed by atoms with E-state index < -0.39 is 12.1 Å². The van der Waals surface area contributed by atoms with Crippen LogP contribution in [0.1, 0.15) is 46.5 Å². The number of morpholine rings is 1. The monoisotopic (exact) mass is 308 g/mol. The van der Waals surface area contributed by atoms with Crippen LogP contribution in [0.3, 0.4) is 0 Å². The van der Waals surface area contributed by atoms with Gasteiger partial charge < -0.3 is 10.5 Å². The predicted octanol–water partition coefficient (Wildman–Crippen LogP) is 2.94. The highest BCUT2D eigenvalue weighted by molar-refractivity contribution is 5.00. The number of hydrogen-bond acceptors (Lipinski definition) is 3. The number of ether oxygens (including phenoxy) is 1. The fourth-order valence-electron chi connectivity index (χ4n) is 3.95.